The van der Waals surface area contributed by atoms with Crippen LogP contribution in [0, 0.1) is 11.8 Å². The first-order valence-corrected chi connectivity index (χ1v) is 7.59. The van der Waals surface area contributed by atoms with Gasteiger partial charge in [0.05, 0.1) is 16.1 Å². The second-order valence-electron chi connectivity index (χ2n) is 5.66. The summed E-state index contributed by atoms with van der Waals surface area (Å²) in [6, 6.07) is 5.41. The van der Waals surface area contributed by atoms with Gasteiger partial charge in [-0.05, 0) is 24.3 Å². The minimum atomic E-state index is -0.544. The summed E-state index contributed by atoms with van der Waals surface area (Å²) in [6.07, 6.45) is 0.150. The number of likely N-dealkylation sites (tertiary alicyclic amines) is 1. The first kappa shape index (κ1) is 15.1. The minimum absolute atomic E-state index is 0.472. The van der Waals surface area contributed by atoms with Gasteiger partial charge in [-0.3, -0.25) is 0 Å². The lowest BCUT2D eigenvalue weighted by Gasteiger charge is -2.19. The zero-order chi connectivity index (χ0) is 14.0. The number of benzene rings is 1. The summed E-state index contributed by atoms with van der Waals surface area (Å²) in [5.41, 5.74) is 0.731. The number of hydrogen-bond donors (Lipinski definition) is 1. The Balaban J connectivity index is 1.91. The van der Waals surface area contributed by atoms with Crippen LogP contribution in [0.15, 0.2) is 18.2 Å². The van der Waals surface area contributed by atoms with Crippen molar-refractivity contribution in [3.8, 4) is 0 Å². The quantitative estimate of drug-likeness (QED) is 0.908. The van der Waals surface area contributed by atoms with Crippen LogP contribution in [-0.4, -0.2) is 29.6 Å². The van der Waals surface area contributed by atoms with E-state index in [2.05, 4.69) is 18.7 Å². The molecular weight excluding hydrogens is 281 g/mol. The first-order chi connectivity index (χ1) is 8.99. The third kappa shape index (κ3) is 3.63. The summed E-state index contributed by atoms with van der Waals surface area (Å²) in [5.74, 6) is 1.49. The Morgan fingerprint density at radius 2 is 1.89 bits per heavy atom. The van der Waals surface area contributed by atoms with Crippen molar-refractivity contribution in [1.82, 2.24) is 4.90 Å². The Morgan fingerprint density at radius 3 is 2.53 bits per heavy atom. The molecule has 0 radical (unpaired) electrons. The first-order valence-electron chi connectivity index (χ1n) is 6.83. The second kappa shape index (κ2) is 6.45. The van der Waals surface area contributed by atoms with Crippen LogP contribution in [0.5, 0.6) is 0 Å². The molecule has 1 saturated heterocycles. The summed E-state index contributed by atoms with van der Waals surface area (Å²) in [6.45, 7) is 7.72. The van der Waals surface area contributed by atoms with Crippen molar-refractivity contribution in [3.63, 3.8) is 0 Å². The summed E-state index contributed by atoms with van der Waals surface area (Å²) in [7, 11) is 0. The van der Waals surface area contributed by atoms with Gasteiger partial charge in [0.1, 0.15) is 0 Å². The molecule has 0 aliphatic carbocycles. The predicted molar refractivity (Wildman–Crippen MR) is 80.8 cm³/mol. The molecular formula is C15H21Cl2NO. The van der Waals surface area contributed by atoms with E-state index in [4.69, 9.17) is 23.2 Å². The number of aliphatic hydroxyl groups is 1. The highest BCUT2D eigenvalue weighted by Crippen LogP contribution is 2.32. The Labute approximate surface area is 125 Å². The maximum atomic E-state index is 10.2. The molecule has 0 spiro atoms. The molecule has 1 aromatic rings. The molecule has 2 nitrogen and oxygen atoms in total. The highest BCUT2D eigenvalue weighted by molar-refractivity contribution is 6.42. The Kier molecular flexibility index (Phi) is 5.13. The molecule has 19 heavy (non-hydrogen) atoms. The number of rotatable bonds is 4. The normalized spacial score (nSPS) is 25.7. The molecule has 106 valence electrons. The molecule has 0 amide bonds. The zero-order valence-corrected chi connectivity index (χ0v) is 13.0. The molecule has 1 aliphatic heterocycles. The molecule has 0 saturated carbocycles. The third-order valence-corrected chi connectivity index (χ3v) is 4.96. The van der Waals surface area contributed by atoms with E-state index in [1.165, 1.54) is 0 Å². The van der Waals surface area contributed by atoms with E-state index in [9.17, 15) is 5.11 Å². The fourth-order valence-corrected chi connectivity index (χ4v) is 3.10. The van der Waals surface area contributed by atoms with Crippen LogP contribution in [0.4, 0.5) is 0 Å². The number of aliphatic hydroxyl groups excluding tert-OH is 1. The van der Waals surface area contributed by atoms with Gasteiger partial charge in [-0.15, -0.1) is 0 Å². The molecule has 2 rings (SSSR count). The van der Waals surface area contributed by atoms with E-state index in [1.807, 2.05) is 12.1 Å². The van der Waals surface area contributed by atoms with E-state index in [0.717, 1.165) is 37.0 Å². The van der Waals surface area contributed by atoms with Gasteiger partial charge < -0.3 is 10.0 Å². The van der Waals surface area contributed by atoms with E-state index in [0.29, 0.717) is 16.5 Å². The standard InChI is InChI=1S/C15H21Cl2NO/c1-10-8-18(9-11(10)2)7-6-14(19)12-4-3-5-13(16)15(12)17/h3-5,10-11,14,19H,6-9H2,1-2H3. The van der Waals surface area contributed by atoms with Gasteiger partial charge in [-0.25, -0.2) is 0 Å². The van der Waals surface area contributed by atoms with Crippen LogP contribution in [-0.2, 0) is 0 Å². The van der Waals surface area contributed by atoms with Crippen LogP contribution in [0.2, 0.25) is 10.0 Å². The number of hydrogen-bond acceptors (Lipinski definition) is 2. The Morgan fingerprint density at radius 1 is 1.26 bits per heavy atom. The van der Waals surface area contributed by atoms with Crippen molar-refractivity contribution in [2.45, 2.75) is 26.4 Å². The zero-order valence-electron chi connectivity index (χ0n) is 11.4. The summed E-state index contributed by atoms with van der Waals surface area (Å²) >= 11 is 12.1. The summed E-state index contributed by atoms with van der Waals surface area (Å²) in [4.78, 5) is 2.41. The molecule has 3 unspecified atom stereocenters. The van der Waals surface area contributed by atoms with Crippen molar-refractivity contribution in [2.24, 2.45) is 11.8 Å². The molecule has 3 atom stereocenters. The van der Waals surface area contributed by atoms with Crippen molar-refractivity contribution in [2.75, 3.05) is 19.6 Å². The molecule has 1 N–H and O–H groups in total. The third-order valence-electron chi connectivity index (χ3n) is 4.12. The Bertz CT molecular complexity index is 428. The number of nitrogens with zero attached hydrogens (tertiary/aromatic N) is 1. The lowest BCUT2D eigenvalue weighted by molar-refractivity contribution is 0.147. The summed E-state index contributed by atoms with van der Waals surface area (Å²) in [5, 5.41) is 11.2. The highest BCUT2D eigenvalue weighted by atomic mass is 35.5. The van der Waals surface area contributed by atoms with E-state index in [-0.39, 0.29) is 0 Å². The molecule has 0 bridgehead atoms. The monoisotopic (exact) mass is 301 g/mol. The van der Waals surface area contributed by atoms with Crippen molar-refractivity contribution < 1.29 is 5.11 Å². The van der Waals surface area contributed by atoms with Gasteiger partial charge in [0.25, 0.3) is 0 Å². The van der Waals surface area contributed by atoms with Gasteiger partial charge >= 0.3 is 0 Å². The van der Waals surface area contributed by atoms with Crippen LogP contribution in [0.1, 0.15) is 31.9 Å². The molecule has 4 heteroatoms. The number of halogens is 2. The minimum Gasteiger partial charge on any atom is -0.388 e. The van der Waals surface area contributed by atoms with Crippen LogP contribution >= 0.6 is 23.2 Å². The average molecular weight is 302 g/mol. The lowest BCUT2D eigenvalue weighted by Crippen LogP contribution is -2.23. The van der Waals surface area contributed by atoms with Crippen molar-refractivity contribution >= 4 is 23.2 Å². The average Bonchev–Trinajstić information content (AvgIpc) is 2.69. The van der Waals surface area contributed by atoms with E-state index >= 15 is 0 Å². The smallest absolute Gasteiger partial charge is 0.0817 e. The largest absolute Gasteiger partial charge is 0.388 e. The molecule has 1 heterocycles. The van der Waals surface area contributed by atoms with E-state index < -0.39 is 6.10 Å². The van der Waals surface area contributed by atoms with Gasteiger partial charge in [0.15, 0.2) is 0 Å². The Hall–Kier alpha value is -0.280. The van der Waals surface area contributed by atoms with E-state index in [1.54, 1.807) is 6.07 Å². The van der Waals surface area contributed by atoms with Gasteiger partial charge in [0, 0.05) is 25.2 Å². The molecule has 0 aromatic heterocycles. The van der Waals surface area contributed by atoms with Gasteiger partial charge in [0.2, 0.25) is 0 Å². The SMILES string of the molecule is CC1CN(CCC(O)c2cccc(Cl)c2Cl)CC1C. The van der Waals surface area contributed by atoms with Crippen LogP contribution < -0.4 is 0 Å². The fraction of sp³-hybridized carbons (Fsp3) is 0.600. The van der Waals surface area contributed by atoms with Gasteiger partial charge in [-0.1, -0.05) is 49.2 Å². The lowest BCUT2D eigenvalue weighted by atomic mass is 10.0. The van der Waals surface area contributed by atoms with Crippen molar-refractivity contribution in [3.05, 3.63) is 33.8 Å². The maximum absolute atomic E-state index is 10.2. The fourth-order valence-electron chi connectivity index (χ4n) is 2.67. The van der Waals surface area contributed by atoms with Crippen LogP contribution in [0.3, 0.4) is 0 Å². The molecule has 1 fully saturated rings. The van der Waals surface area contributed by atoms with Crippen LogP contribution in [0.25, 0.3) is 0 Å². The molecule has 1 aromatic carbocycles. The summed E-state index contributed by atoms with van der Waals surface area (Å²) < 4.78 is 0. The van der Waals surface area contributed by atoms with Crippen molar-refractivity contribution in [1.29, 1.82) is 0 Å². The topological polar surface area (TPSA) is 23.5 Å². The highest BCUT2D eigenvalue weighted by Gasteiger charge is 2.26. The molecule has 1 aliphatic rings. The predicted octanol–water partition coefficient (Wildman–Crippen LogP) is 4.00. The second-order valence-corrected chi connectivity index (χ2v) is 6.45. The van der Waals surface area contributed by atoms with Gasteiger partial charge in [-0.2, -0.15) is 0 Å². The maximum Gasteiger partial charge on any atom is 0.0817 e.